The van der Waals surface area contributed by atoms with Gasteiger partial charge < -0.3 is 14.9 Å². The van der Waals surface area contributed by atoms with E-state index in [1.54, 1.807) is 0 Å². The van der Waals surface area contributed by atoms with E-state index in [1.807, 2.05) is 0 Å². The zero-order chi connectivity index (χ0) is 10.3. The summed E-state index contributed by atoms with van der Waals surface area (Å²) in [6.07, 6.45) is 1.97. The van der Waals surface area contributed by atoms with Gasteiger partial charge in [0.2, 0.25) is 0 Å². The highest BCUT2D eigenvalue weighted by molar-refractivity contribution is 5.89. The lowest BCUT2D eigenvalue weighted by atomic mass is 10.4. The molecule has 0 atom stereocenters. The first-order valence-corrected chi connectivity index (χ1v) is 3.05. The summed E-state index contributed by atoms with van der Waals surface area (Å²) >= 11 is 0. The van der Waals surface area contributed by atoms with E-state index in [9.17, 15) is 14.4 Å². The van der Waals surface area contributed by atoms with Crippen molar-refractivity contribution in [2.75, 3.05) is 0 Å². The van der Waals surface area contributed by atoms with Gasteiger partial charge in [-0.15, -0.1) is 0 Å². The summed E-state index contributed by atoms with van der Waals surface area (Å²) < 4.78 is 3.67. The molecule has 0 heterocycles. The lowest BCUT2D eigenvalue weighted by molar-refractivity contribution is -0.133. The molecule has 0 aliphatic heterocycles. The van der Waals surface area contributed by atoms with Gasteiger partial charge in [0.25, 0.3) is 0 Å². The van der Waals surface area contributed by atoms with Gasteiger partial charge in [-0.3, -0.25) is 0 Å². The van der Waals surface area contributed by atoms with Crippen molar-refractivity contribution in [3.63, 3.8) is 0 Å². The largest absolute Gasteiger partial charge is 0.513 e. The summed E-state index contributed by atoms with van der Waals surface area (Å²) in [6.45, 7) is 0. The van der Waals surface area contributed by atoms with Crippen LogP contribution in [0.2, 0.25) is 0 Å². The molecule has 6 heteroatoms. The molecule has 0 aromatic carbocycles. The van der Waals surface area contributed by atoms with Gasteiger partial charge in [0.05, 0.1) is 0 Å². The molecule has 70 valence electrons. The van der Waals surface area contributed by atoms with Crippen molar-refractivity contribution in [3.8, 4) is 0 Å². The van der Waals surface area contributed by atoms with E-state index < -0.39 is 18.1 Å². The third kappa shape index (κ3) is 7.79. The Morgan fingerprint density at radius 2 is 1.54 bits per heavy atom. The van der Waals surface area contributed by atoms with Crippen molar-refractivity contribution >= 4 is 18.1 Å². The Bertz CT molecular complexity index is 275. The second-order valence-electron chi connectivity index (χ2n) is 1.74. The Morgan fingerprint density at radius 1 is 1.00 bits per heavy atom. The Morgan fingerprint density at radius 3 is 2.00 bits per heavy atom. The maximum absolute atomic E-state index is 10.4. The Balaban J connectivity index is 3.91. The van der Waals surface area contributed by atoms with E-state index in [4.69, 9.17) is 10.2 Å². The summed E-state index contributed by atoms with van der Waals surface area (Å²) in [6, 6.07) is 0. The molecule has 0 fully saturated rings. The van der Waals surface area contributed by atoms with Crippen LogP contribution < -0.4 is 0 Å². The van der Waals surface area contributed by atoms with E-state index in [2.05, 4.69) is 4.74 Å². The van der Waals surface area contributed by atoms with Crippen molar-refractivity contribution in [3.05, 3.63) is 24.3 Å². The molecule has 0 aliphatic rings. The maximum atomic E-state index is 10.4. The summed E-state index contributed by atoms with van der Waals surface area (Å²) in [4.78, 5) is 30.1. The molecule has 0 bridgehead atoms. The van der Waals surface area contributed by atoms with E-state index in [-0.39, 0.29) is 0 Å². The lowest BCUT2D eigenvalue weighted by Gasteiger charge is -1.88. The smallest absolute Gasteiger partial charge is 0.478 e. The summed E-state index contributed by atoms with van der Waals surface area (Å²) in [5, 5.41) is 16.0. The topological polar surface area (TPSA) is 101 Å². The van der Waals surface area contributed by atoms with Gasteiger partial charge in [-0.2, -0.15) is 0 Å². The van der Waals surface area contributed by atoms with Crippen molar-refractivity contribution in [2.24, 2.45) is 0 Å². The average molecular weight is 186 g/mol. The van der Waals surface area contributed by atoms with E-state index in [0.717, 1.165) is 24.3 Å². The number of carboxylic acid groups (broad SMARTS) is 2. The predicted octanol–water partition coefficient (Wildman–Crippen LogP) is 0.405. The van der Waals surface area contributed by atoms with Crippen LogP contribution in [0.5, 0.6) is 0 Å². The monoisotopic (exact) mass is 186 g/mol. The first-order valence-electron chi connectivity index (χ1n) is 3.05. The molecule has 0 spiro atoms. The number of carboxylic acids is 1. The van der Waals surface area contributed by atoms with Gasteiger partial charge in [-0.1, -0.05) is 12.2 Å². The van der Waals surface area contributed by atoms with Gasteiger partial charge >= 0.3 is 18.1 Å². The maximum Gasteiger partial charge on any atom is 0.513 e. The molecule has 0 amide bonds. The van der Waals surface area contributed by atoms with Gasteiger partial charge in [-0.05, 0) is 0 Å². The van der Waals surface area contributed by atoms with Gasteiger partial charge in [-0.25, -0.2) is 14.4 Å². The van der Waals surface area contributed by atoms with Crippen LogP contribution in [0.25, 0.3) is 0 Å². The van der Waals surface area contributed by atoms with Crippen LogP contribution in [-0.2, 0) is 14.3 Å². The second-order valence-corrected chi connectivity index (χ2v) is 1.74. The highest BCUT2D eigenvalue weighted by Crippen LogP contribution is 1.84. The van der Waals surface area contributed by atoms with E-state index >= 15 is 0 Å². The molecule has 2 N–H and O–H groups in total. The average Bonchev–Trinajstić information content (AvgIpc) is 1.96. The first-order chi connectivity index (χ1) is 6.02. The second kappa shape index (κ2) is 5.53. The standard InChI is InChI=1S/C7H6O6/c8-5(9)3-1-2-4-6(10)13-7(11)12/h1-4H,(H,8,9)(H,11,12). The predicted molar refractivity (Wildman–Crippen MR) is 40.0 cm³/mol. The van der Waals surface area contributed by atoms with E-state index in [0.29, 0.717) is 0 Å². The molecule has 0 rings (SSSR count). The zero-order valence-electron chi connectivity index (χ0n) is 6.34. The summed E-state index contributed by atoms with van der Waals surface area (Å²) in [5.74, 6) is -2.25. The number of ether oxygens (including phenoxy) is 1. The fourth-order valence-corrected chi connectivity index (χ4v) is 0.392. The van der Waals surface area contributed by atoms with Crippen molar-refractivity contribution in [1.29, 1.82) is 0 Å². The van der Waals surface area contributed by atoms with Crippen molar-refractivity contribution < 1.29 is 29.3 Å². The summed E-state index contributed by atoms with van der Waals surface area (Å²) in [7, 11) is 0. The highest BCUT2D eigenvalue weighted by Gasteiger charge is 2.01. The fourth-order valence-electron chi connectivity index (χ4n) is 0.392. The third-order valence-corrected chi connectivity index (χ3v) is 0.770. The van der Waals surface area contributed by atoms with Crippen LogP contribution in [0.3, 0.4) is 0 Å². The van der Waals surface area contributed by atoms with Gasteiger partial charge in [0.1, 0.15) is 0 Å². The fraction of sp³-hybridized carbons (Fsp3) is 0. The molecular weight excluding hydrogens is 180 g/mol. The minimum atomic E-state index is -1.71. The van der Waals surface area contributed by atoms with Crippen LogP contribution in [0.1, 0.15) is 0 Å². The first kappa shape index (κ1) is 10.9. The number of esters is 1. The Labute approximate surface area is 72.7 Å². The lowest BCUT2D eigenvalue weighted by Crippen LogP contribution is -2.06. The Kier molecular flexibility index (Phi) is 4.63. The number of carbonyl (C=O) groups is 3. The van der Waals surface area contributed by atoms with Crippen LogP contribution in [0, 0.1) is 0 Å². The minimum absolute atomic E-state index is 0.782. The number of rotatable bonds is 3. The summed E-state index contributed by atoms with van der Waals surface area (Å²) in [5.41, 5.74) is 0. The van der Waals surface area contributed by atoms with Crippen LogP contribution in [0.4, 0.5) is 4.79 Å². The number of hydrogen-bond donors (Lipinski definition) is 2. The molecule has 6 nitrogen and oxygen atoms in total. The molecule has 0 unspecified atom stereocenters. The molecule has 0 saturated heterocycles. The number of hydrogen-bond acceptors (Lipinski definition) is 4. The van der Waals surface area contributed by atoms with Gasteiger partial charge in [0, 0.05) is 12.2 Å². The number of carbonyl (C=O) groups excluding carboxylic acids is 1. The van der Waals surface area contributed by atoms with E-state index in [1.165, 1.54) is 0 Å². The normalized spacial score (nSPS) is 10.5. The molecule has 0 saturated carbocycles. The molecule has 0 aliphatic carbocycles. The van der Waals surface area contributed by atoms with Crippen molar-refractivity contribution in [2.45, 2.75) is 0 Å². The molecule has 13 heavy (non-hydrogen) atoms. The highest BCUT2D eigenvalue weighted by atomic mass is 16.7. The number of aliphatic carboxylic acids is 1. The SMILES string of the molecule is O=C(O)C=CC=CC(=O)OC(=O)O. The molecule has 0 aromatic rings. The third-order valence-electron chi connectivity index (χ3n) is 0.770. The Hall–Kier alpha value is -2.11. The quantitative estimate of drug-likeness (QED) is 0.286. The number of allylic oxidation sites excluding steroid dienone is 2. The molecular formula is C7H6O6. The van der Waals surface area contributed by atoms with Crippen LogP contribution in [-0.4, -0.2) is 28.3 Å². The van der Waals surface area contributed by atoms with Crippen LogP contribution in [0.15, 0.2) is 24.3 Å². The molecule has 0 radical (unpaired) electrons. The minimum Gasteiger partial charge on any atom is -0.478 e. The molecule has 0 aromatic heterocycles. The van der Waals surface area contributed by atoms with Crippen molar-refractivity contribution in [1.82, 2.24) is 0 Å². The zero-order valence-corrected chi connectivity index (χ0v) is 6.34. The van der Waals surface area contributed by atoms with Crippen LogP contribution >= 0.6 is 0 Å². The van der Waals surface area contributed by atoms with Gasteiger partial charge in [0.15, 0.2) is 0 Å².